The molecule has 4 atom stereocenters. The van der Waals surface area contributed by atoms with Gasteiger partial charge in [-0.1, -0.05) is 80.6 Å². The van der Waals surface area contributed by atoms with E-state index in [2.05, 4.69) is 10.6 Å². The number of hydrogen-bond donors (Lipinski definition) is 4. The first-order valence-corrected chi connectivity index (χ1v) is 19.6. The first-order chi connectivity index (χ1) is 25.6. The molecule has 2 aliphatic heterocycles. The number of rotatable bonds is 19. The predicted octanol–water partition coefficient (Wildman–Crippen LogP) is 4.31. The van der Waals surface area contributed by atoms with Gasteiger partial charge in [-0.15, -0.1) is 0 Å². The molecule has 12 heteroatoms. The second-order valence-electron chi connectivity index (χ2n) is 16.3. The number of Topliss-reactive ketones (excluding diaryl/α,β-unsaturated/α-hetero) is 1. The molecule has 0 aromatic heterocycles. The molecular formula is C42H62BN5O6. The van der Waals surface area contributed by atoms with Crippen molar-refractivity contribution in [2.45, 2.75) is 122 Å². The Balaban J connectivity index is 1.47. The molecule has 11 nitrogen and oxygen atoms in total. The molecule has 0 radical (unpaired) electrons. The Morgan fingerprint density at radius 1 is 0.833 bits per heavy atom. The van der Waals surface area contributed by atoms with Gasteiger partial charge in [-0.25, -0.2) is 0 Å². The van der Waals surface area contributed by atoms with Crippen LogP contribution in [0.3, 0.4) is 0 Å². The van der Waals surface area contributed by atoms with Gasteiger partial charge in [0, 0.05) is 25.4 Å². The number of nitrogens with zero attached hydrogens (tertiary/aromatic N) is 1. The molecule has 0 bridgehead atoms. The molecule has 0 saturated carbocycles. The third kappa shape index (κ3) is 12.1. The van der Waals surface area contributed by atoms with Crippen LogP contribution in [0.15, 0.2) is 72.2 Å². The summed E-state index contributed by atoms with van der Waals surface area (Å²) in [6.45, 7) is 13.4. The second-order valence-corrected chi connectivity index (χ2v) is 16.3. The molecule has 2 aromatic carbocycles. The van der Waals surface area contributed by atoms with E-state index in [1.165, 1.54) is 0 Å². The Hall–Kier alpha value is -3.84. The van der Waals surface area contributed by atoms with Crippen molar-refractivity contribution in [2.24, 2.45) is 23.3 Å². The first kappa shape index (κ1) is 42.9. The molecule has 0 unspecified atom stereocenters. The summed E-state index contributed by atoms with van der Waals surface area (Å²) in [4.78, 5) is 57.3. The summed E-state index contributed by atoms with van der Waals surface area (Å²) < 4.78 is 12.5. The lowest BCUT2D eigenvalue weighted by molar-refractivity contribution is -0.138. The smallest absolute Gasteiger partial charge is 0.400 e. The Kier molecular flexibility index (Phi) is 15.6. The van der Waals surface area contributed by atoms with Crippen molar-refractivity contribution in [1.29, 1.82) is 0 Å². The maximum absolute atomic E-state index is 14.1. The summed E-state index contributed by atoms with van der Waals surface area (Å²) in [5.74, 6) is -1.81. The van der Waals surface area contributed by atoms with Gasteiger partial charge in [0.2, 0.25) is 17.7 Å². The number of nitrogens with two attached hydrogens (primary N) is 2. The summed E-state index contributed by atoms with van der Waals surface area (Å²) >= 11 is 0. The number of hydrogen-bond acceptors (Lipinski definition) is 8. The van der Waals surface area contributed by atoms with Crippen molar-refractivity contribution in [3.8, 4) is 0 Å². The van der Waals surface area contributed by atoms with Crippen LogP contribution in [0.5, 0.6) is 0 Å². The molecule has 54 heavy (non-hydrogen) atoms. The van der Waals surface area contributed by atoms with Crippen LogP contribution in [0.4, 0.5) is 0 Å². The first-order valence-electron chi connectivity index (χ1n) is 19.6. The van der Waals surface area contributed by atoms with Crippen LogP contribution in [-0.4, -0.2) is 84.5 Å². The number of amides is 3. The molecule has 4 rings (SSSR count). The van der Waals surface area contributed by atoms with Crippen molar-refractivity contribution in [3.63, 3.8) is 0 Å². The largest absolute Gasteiger partial charge is 0.490 e. The normalized spacial score (nSPS) is 18.7. The molecule has 2 heterocycles. The molecule has 3 amide bonds. The van der Waals surface area contributed by atoms with Gasteiger partial charge in [0.1, 0.15) is 6.04 Å². The van der Waals surface area contributed by atoms with Gasteiger partial charge in [-0.2, -0.15) is 0 Å². The molecule has 1 saturated heterocycles. The van der Waals surface area contributed by atoms with E-state index < -0.39 is 48.3 Å². The van der Waals surface area contributed by atoms with E-state index in [0.717, 1.165) is 16.6 Å². The summed E-state index contributed by atoms with van der Waals surface area (Å²) in [6.07, 6.45) is 5.33. The fourth-order valence-corrected chi connectivity index (χ4v) is 6.93. The second kappa shape index (κ2) is 19.7. The number of carbonyl (C=O) groups excluding carboxylic acids is 4. The van der Waals surface area contributed by atoms with Crippen molar-refractivity contribution >= 4 is 30.6 Å². The average molecular weight is 744 g/mol. The van der Waals surface area contributed by atoms with Gasteiger partial charge in [0.05, 0.1) is 23.3 Å². The zero-order valence-electron chi connectivity index (χ0n) is 33.1. The molecule has 2 aliphatic rings. The van der Waals surface area contributed by atoms with E-state index in [0.29, 0.717) is 58.2 Å². The maximum Gasteiger partial charge on any atom is 0.490 e. The van der Waals surface area contributed by atoms with E-state index in [1.54, 1.807) is 4.90 Å². The fourth-order valence-electron chi connectivity index (χ4n) is 6.93. The van der Waals surface area contributed by atoms with Crippen molar-refractivity contribution in [1.82, 2.24) is 15.5 Å². The van der Waals surface area contributed by atoms with E-state index in [4.69, 9.17) is 20.8 Å². The fraction of sp³-hybridized carbons (Fsp3) is 0.571. The van der Waals surface area contributed by atoms with Crippen LogP contribution in [0.25, 0.3) is 0 Å². The summed E-state index contributed by atoms with van der Waals surface area (Å²) in [5, 5.41) is 5.96. The van der Waals surface area contributed by atoms with Crippen LogP contribution in [0, 0.1) is 11.8 Å². The Morgan fingerprint density at radius 3 is 1.94 bits per heavy atom. The SMILES string of the molecule is CC(C)C[C@@H](CC(=O)[C@@H](Cc1ccccc1)NC(=O)[C@H](N)Cc1ccccc1)C(=O)N[C@H](CCCCN)C(=O)N1CC=C(B2OC(C)(C)C(C)(C)O2)CC1. The highest BCUT2D eigenvalue weighted by molar-refractivity contribution is 6.54. The highest BCUT2D eigenvalue weighted by Crippen LogP contribution is 2.39. The highest BCUT2D eigenvalue weighted by atomic mass is 16.7. The number of carbonyl (C=O) groups is 4. The molecule has 1 fully saturated rings. The molecule has 0 spiro atoms. The van der Waals surface area contributed by atoms with Crippen LogP contribution in [-0.2, 0) is 41.3 Å². The Bertz CT molecular complexity index is 1570. The average Bonchev–Trinajstić information content (AvgIpc) is 3.36. The van der Waals surface area contributed by atoms with Crippen molar-refractivity contribution in [2.75, 3.05) is 19.6 Å². The zero-order valence-corrected chi connectivity index (χ0v) is 33.1. The highest BCUT2D eigenvalue weighted by Gasteiger charge is 2.52. The van der Waals surface area contributed by atoms with Gasteiger partial charge in [0.15, 0.2) is 5.78 Å². The predicted molar refractivity (Wildman–Crippen MR) is 213 cm³/mol. The van der Waals surface area contributed by atoms with Gasteiger partial charge in [-0.05, 0) is 102 Å². The topological polar surface area (TPSA) is 166 Å². The number of ketones is 1. The minimum atomic E-state index is -0.885. The number of benzene rings is 2. The lowest BCUT2D eigenvalue weighted by Gasteiger charge is -2.32. The Labute approximate surface area is 322 Å². The van der Waals surface area contributed by atoms with Gasteiger partial charge >= 0.3 is 7.12 Å². The van der Waals surface area contributed by atoms with Gasteiger partial charge in [-0.3, -0.25) is 19.2 Å². The van der Waals surface area contributed by atoms with Crippen molar-refractivity contribution < 1.29 is 28.5 Å². The van der Waals surface area contributed by atoms with Gasteiger partial charge in [0.25, 0.3) is 0 Å². The van der Waals surface area contributed by atoms with Crippen LogP contribution in [0.1, 0.15) is 91.2 Å². The van der Waals surface area contributed by atoms with Crippen molar-refractivity contribution in [3.05, 3.63) is 83.3 Å². The van der Waals surface area contributed by atoms with E-state index >= 15 is 0 Å². The minimum absolute atomic E-state index is 0.0939. The lowest BCUT2D eigenvalue weighted by Crippen LogP contribution is -2.52. The van der Waals surface area contributed by atoms with E-state index in [-0.39, 0.29) is 36.4 Å². The summed E-state index contributed by atoms with van der Waals surface area (Å²) in [6, 6.07) is 16.4. The summed E-state index contributed by atoms with van der Waals surface area (Å²) in [7, 11) is -0.461. The molecule has 294 valence electrons. The Morgan fingerprint density at radius 2 is 1.41 bits per heavy atom. The molecule has 6 N–H and O–H groups in total. The monoisotopic (exact) mass is 743 g/mol. The maximum atomic E-state index is 14.1. The third-order valence-electron chi connectivity index (χ3n) is 10.9. The van der Waals surface area contributed by atoms with Crippen LogP contribution >= 0.6 is 0 Å². The number of nitrogens with one attached hydrogen (secondary N) is 2. The lowest BCUT2D eigenvalue weighted by atomic mass is 9.74. The van der Waals surface area contributed by atoms with Crippen LogP contribution < -0.4 is 22.1 Å². The molecule has 0 aliphatic carbocycles. The molecule has 2 aromatic rings. The third-order valence-corrected chi connectivity index (χ3v) is 10.9. The van der Waals surface area contributed by atoms with Crippen LogP contribution in [0.2, 0.25) is 0 Å². The number of unbranched alkanes of at least 4 members (excludes halogenated alkanes) is 1. The van der Waals surface area contributed by atoms with E-state index in [9.17, 15) is 19.2 Å². The quantitative estimate of drug-likeness (QED) is 0.122. The zero-order chi connectivity index (χ0) is 39.5. The van der Waals surface area contributed by atoms with E-state index in [1.807, 2.05) is 108 Å². The summed E-state index contributed by atoms with van der Waals surface area (Å²) in [5.41, 5.74) is 14.0. The standard InChI is InChI=1S/C42H62BN5O6/c1-29(2)25-32(28-37(49)36(27-31-17-11-8-12-18-31)47-39(51)34(45)26-30-15-9-7-10-16-30)38(50)46-35(19-13-14-22-44)40(52)48-23-20-33(21-24-48)43-53-41(3,4)42(5,6)54-43/h7-12,15-18,20,29,32,34-36H,13-14,19,21-28,44-45H2,1-6H3,(H,46,50)(H,47,51)/t32-,34+,35+,36+/m0/s1. The van der Waals surface area contributed by atoms with Gasteiger partial charge < -0.3 is 36.3 Å². The molecular weight excluding hydrogens is 681 g/mol. The minimum Gasteiger partial charge on any atom is -0.400 e.